The number of nitrogens with one attached hydrogen (secondary N) is 2. The lowest BCUT2D eigenvalue weighted by Gasteiger charge is -2.35. The van der Waals surface area contributed by atoms with E-state index in [1.54, 1.807) is 68.8 Å². The minimum absolute atomic E-state index is 0.190. The molecule has 0 radical (unpaired) electrons. The highest BCUT2D eigenvalue weighted by Gasteiger charge is 2.28. The van der Waals surface area contributed by atoms with E-state index in [2.05, 4.69) is 24.5 Å². The van der Waals surface area contributed by atoms with Crippen LogP contribution >= 0.6 is 0 Å². The number of carbonyl (C=O) groups is 2. The molecule has 1 aliphatic heterocycles. The first-order valence-corrected chi connectivity index (χ1v) is 11.0. The zero-order valence-electron chi connectivity index (χ0n) is 19.8. The number of hydrogen-bond acceptors (Lipinski definition) is 5. The van der Waals surface area contributed by atoms with Crippen molar-refractivity contribution in [2.45, 2.75) is 25.8 Å². The van der Waals surface area contributed by atoms with Crippen molar-refractivity contribution < 1.29 is 19.1 Å². The molecule has 0 atom stereocenters. The molecule has 0 bridgehead atoms. The highest BCUT2D eigenvalue weighted by atomic mass is 16.5. The minimum atomic E-state index is -0.303. The molecule has 0 spiro atoms. The standard InChI is InChI=1S/C28H28N2O4/c1-28(2)17-20-11-12-23(34-4)15-24(20)25(30-28)16-26(31)18-7-5-8-19(13-18)27(32)29-21-9-6-10-22(14-21)33-3/h5-16,30H,17H2,1-4H3,(H,29,32)/b25-16-. The first-order chi connectivity index (χ1) is 16.3. The predicted octanol–water partition coefficient (Wildman–Crippen LogP) is 5.10. The largest absolute Gasteiger partial charge is 0.497 e. The molecule has 3 aromatic rings. The fraction of sp³-hybridized carbons (Fsp3) is 0.214. The molecule has 1 amide bonds. The maximum atomic E-state index is 13.2. The Hall–Kier alpha value is -4.06. The molecule has 0 aromatic heterocycles. The Morgan fingerprint density at radius 2 is 1.62 bits per heavy atom. The molecule has 1 aliphatic rings. The molecule has 1 heterocycles. The first kappa shape index (κ1) is 23.1. The van der Waals surface area contributed by atoms with Crippen LogP contribution in [-0.2, 0) is 6.42 Å². The second kappa shape index (κ2) is 9.43. The summed E-state index contributed by atoms with van der Waals surface area (Å²) in [6.45, 7) is 4.20. The van der Waals surface area contributed by atoms with E-state index in [1.165, 1.54) is 0 Å². The van der Waals surface area contributed by atoms with Gasteiger partial charge in [0, 0.05) is 45.8 Å². The van der Waals surface area contributed by atoms with Crippen molar-refractivity contribution >= 4 is 23.1 Å². The topological polar surface area (TPSA) is 76.7 Å². The number of anilines is 1. The van der Waals surface area contributed by atoms with Crippen LogP contribution in [0.25, 0.3) is 5.70 Å². The molecule has 0 unspecified atom stereocenters. The Bertz CT molecular complexity index is 1280. The van der Waals surface area contributed by atoms with Crippen LogP contribution in [-0.4, -0.2) is 31.4 Å². The van der Waals surface area contributed by atoms with Crippen molar-refractivity contribution in [1.82, 2.24) is 5.32 Å². The van der Waals surface area contributed by atoms with Crippen molar-refractivity contribution in [3.63, 3.8) is 0 Å². The summed E-state index contributed by atoms with van der Waals surface area (Å²) >= 11 is 0. The van der Waals surface area contributed by atoms with E-state index in [4.69, 9.17) is 9.47 Å². The molecule has 0 saturated heterocycles. The molecule has 4 rings (SSSR count). The summed E-state index contributed by atoms with van der Waals surface area (Å²) in [6, 6.07) is 19.7. The molecule has 3 aromatic carbocycles. The van der Waals surface area contributed by atoms with E-state index in [-0.39, 0.29) is 17.2 Å². The van der Waals surface area contributed by atoms with Crippen LogP contribution in [0.15, 0.2) is 72.8 Å². The van der Waals surface area contributed by atoms with Crippen molar-refractivity contribution in [3.8, 4) is 11.5 Å². The zero-order chi connectivity index (χ0) is 24.3. The smallest absolute Gasteiger partial charge is 0.255 e. The van der Waals surface area contributed by atoms with Crippen LogP contribution in [0, 0.1) is 0 Å². The van der Waals surface area contributed by atoms with Crippen molar-refractivity contribution in [1.29, 1.82) is 0 Å². The van der Waals surface area contributed by atoms with Crippen LogP contribution in [0.5, 0.6) is 11.5 Å². The number of hydrogen-bond donors (Lipinski definition) is 2. The van der Waals surface area contributed by atoms with Gasteiger partial charge in [0.1, 0.15) is 11.5 Å². The Morgan fingerprint density at radius 3 is 2.38 bits per heavy atom. The molecular formula is C28H28N2O4. The predicted molar refractivity (Wildman–Crippen MR) is 134 cm³/mol. The zero-order valence-corrected chi connectivity index (χ0v) is 19.8. The average Bonchev–Trinajstić information content (AvgIpc) is 2.83. The van der Waals surface area contributed by atoms with Crippen LogP contribution in [0.1, 0.15) is 45.7 Å². The van der Waals surface area contributed by atoms with Gasteiger partial charge in [-0.3, -0.25) is 9.59 Å². The van der Waals surface area contributed by atoms with Crippen LogP contribution in [0.4, 0.5) is 5.69 Å². The molecular weight excluding hydrogens is 428 g/mol. The van der Waals surface area contributed by atoms with E-state index in [9.17, 15) is 9.59 Å². The fourth-order valence-electron chi connectivity index (χ4n) is 4.09. The quantitative estimate of drug-likeness (QED) is 0.398. The highest BCUT2D eigenvalue weighted by molar-refractivity contribution is 6.11. The third-order valence-corrected chi connectivity index (χ3v) is 5.72. The number of allylic oxidation sites excluding steroid dienone is 1. The summed E-state index contributed by atoms with van der Waals surface area (Å²) in [4.78, 5) is 26.0. The Kier molecular flexibility index (Phi) is 6.41. The van der Waals surface area contributed by atoms with Gasteiger partial charge in [0.25, 0.3) is 5.91 Å². The highest BCUT2D eigenvalue weighted by Crippen LogP contribution is 2.32. The Balaban J connectivity index is 1.60. The molecule has 0 saturated carbocycles. The summed E-state index contributed by atoms with van der Waals surface area (Å²) in [5.41, 5.74) is 4.07. The lowest BCUT2D eigenvalue weighted by Crippen LogP contribution is -2.43. The van der Waals surface area contributed by atoms with E-state index in [1.807, 2.05) is 18.2 Å². The van der Waals surface area contributed by atoms with Crippen molar-refractivity contribution in [2.75, 3.05) is 19.5 Å². The third-order valence-electron chi connectivity index (χ3n) is 5.72. The van der Waals surface area contributed by atoms with Gasteiger partial charge in [-0.05, 0) is 62.2 Å². The molecule has 0 aliphatic carbocycles. The van der Waals surface area contributed by atoms with Crippen LogP contribution in [0.3, 0.4) is 0 Å². The summed E-state index contributed by atoms with van der Waals surface area (Å²) < 4.78 is 10.6. The number of benzene rings is 3. The molecule has 34 heavy (non-hydrogen) atoms. The van der Waals surface area contributed by atoms with Gasteiger partial charge in [-0.25, -0.2) is 0 Å². The van der Waals surface area contributed by atoms with Crippen LogP contribution in [0.2, 0.25) is 0 Å². The van der Waals surface area contributed by atoms with Gasteiger partial charge >= 0.3 is 0 Å². The minimum Gasteiger partial charge on any atom is -0.497 e. The number of ether oxygens (including phenoxy) is 2. The fourth-order valence-corrected chi connectivity index (χ4v) is 4.09. The second-order valence-electron chi connectivity index (χ2n) is 8.90. The summed E-state index contributed by atoms with van der Waals surface area (Å²) in [6.07, 6.45) is 2.43. The van der Waals surface area contributed by atoms with Gasteiger partial charge in [-0.15, -0.1) is 0 Å². The number of ketones is 1. The van der Waals surface area contributed by atoms with Crippen molar-refractivity contribution in [2.24, 2.45) is 0 Å². The van der Waals surface area contributed by atoms with E-state index in [0.717, 1.165) is 29.0 Å². The molecule has 6 heteroatoms. The van der Waals surface area contributed by atoms with Crippen LogP contribution < -0.4 is 20.1 Å². The van der Waals surface area contributed by atoms with Gasteiger partial charge in [-0.1, -0.05) is 24.3 Å². The molecule has 0 fully saturated rings. The second-order valence-corrected chi connectivity index (χ2v) is 8.90. The number of amides is 1. The summed E-state index contributed by atoms with van der Waals surface area (Å²) in [7, 11) is 3.19. The third kappa shape index (κ3) is 5.12. The lowest BCUT2D eigenvalue weighted by atomic mass is 9.85. The van der Waals surface area contributed by atoms with Gasteiger partial charge < -0.3 is 20.1 Å². The number of methoxy groups -OCH3 is 2. The Labute approximate surface area is 199 Å². The maximum Gasteiger partial charge on any atom is 0.255 e. The molecule has 2 N–H and O–H groups in total. The van der Waals surface area contributed by atoms with E-state index in [0.29, 0.717) is 22.6 Å². The molecule has 174 valence electrons. The average molecular weight is 457 g/mol. The summed E-state index contributed by atoms with van der Waals surface area (Å²) in [5, 5.41) is 6.32. The van der Waals surface area contributed by atoms with Crippen molar-refractivity contribution in [3.05, 3.63) is 95.1 Å². The first-order valence-electron chi connectivity index (χ1n) is 11.0. The lowest BCUT2D eigenvalue weighted by molar-refractivity contribution is 0.102. The van der Waals surface area contributed by atoms with E-state index < -0.39 is 0 Å². The molecule has 6 nitrogen and oxygen atoms in total. The van der Waals surface area contributed by atoms with Gasteiger partial charge in [0.15, 0.2) is 5.78 Å². The van der Waals surface area contributed by atoms with Gasteiger partial charge in [-0.2, -0.15) is 0 Å². The number of carbonyl (C=O) groups excluding carboxylic acids is 2. The summed E-state index contributed by atoms with van der Waals surface area (Å²) in [5.74, 6) is 0.885. The maximum absolute atomic E-state index is 13.2. The number of fused-ring (bicyclic) bond motifs is 1. The van der Waals surface area contributed by atoms with Gasteiger partial charge in [0.05, 0.1) is 14.2 Å². The SMILES string of the molecule is COc1cccc(NC(=O)c2cccc(C(=O)/C=C3\NC(C)(C)Cc4ccc(OC)cc43)c2)c1. The number of rotatable bonds is 6. The van der Waals surface area contributed by atoms with E-state index >= 15 is 0 Å². The normalized spacial score (nSPS) is 15.1. The monoisotopic (exact) mass is 456 g/mol. The van der Waals surface area contributed by atoms with Gasteiger partial charge in [0.2, 0.25) is 0 Å². The Morgan fingerprint density at radius 1 is 0.912 bits per heavy atom.